The molecule has 4 nitrogen and oxygen atoms in total. The van der Waals surface area contributed by atoms with E-state index in [0.717, 1.165) is 22.3 Å². The molecule has 5 heteroatoms. The van der Waals surface area contributed by atoms with Gasteiger partial charge in [-0.1, -0.05) is 6.07 Å². The highest BCUT2D eigenvalue weighted by Crippen LogP contribution is 2.38. The Morgan fingerprint density at radius 2 is 2.05 bits per heavy atom. The van der Waals surface area contributed by atoms with Crippen molar-refractivity contribution < 1.29 is 14.6 Å². The van der Waals surface area contributed by atoms with Gasteiger partial charge in [-0.15, -0.1) is 0 Å². The van der Waals surface area contributed by atoms with Crippen LogP contribution in [0.25, 0.3) is 0 Å². The third kappa shape index (κ3) is 3.40. The van der Waals surface area contributed by atoms with Crippen LogP contribution in [0.4, 0.5) is 0 Å². The summed E-state index contributed by atoms with van der Waals surface area (Å²) in [5.74, 6) is -0.377. The molecule has 0 aliphatic carbocycles. The molecule has 21 heavy (non-hydrogen) atoms. The van der Waals surface area contributed by atoms with Gasteiger partial charge in [0.2, 0.25) is 0 Å². The highest BCUT2D eigenvalue weighted by atomic mass is 79.9. The van der Waals surface area contributed by atoms with Crippen LogP contribution in [0.1, 0.15) is 32.3 Å². The SMILES string of the molecule is COc1cc([C@H]2CN(C(C)(C)C)C[C@@H]2C(=O)O)ccc1Br. The third-order valence-corrected chi connectivity index (χ3v) is 4.84. The number of benzene rings is 1. The fourth-order valence-electron chi connectivity index (χ4n) is 2.85. The van der Waals surface area contributed by atoms with Crippen molar-refractivity contribution in [3.63, 3.8) is 0 Å². The van der Waals surface area contributed by atoms with E-state index in [1.165, 1.54) is 0 Å². The minimum absolute atomic E-state index is 0.0104. The van der Waals surface area contributed by atoms with E-state index in [-0.39, 0.29) is 17.4 Å². The summed E-state index contributed by atoms with van der Waals surface area (Å²) in [6.07, 6.45) is 0. The van der Waals surface area contributed by atoms with Crippen molar-refractivity contribution in [2.75, 3.05) is 20.2 Å². The lowest BCUT2D eigenvalue weighted by Gasteiger charge is -2.31. The van der Waals surface area contributed by atoms with Gasteiger partial charge in [0, 0.05) is 24.5 Å². The second-order valence-electron chi connectivity index (χ2n) is 6.52. The van der Waals surface area contributed by atoms with Crippen LogP contribution in [-0.2, 0) is 4.79 Å². The van der Waals surface area contributed by atoms with Crippen molar-refractivity contribution in [2.24, 2.45) is 5.92 Å². The highest BCUT2D eigenvalue weighted by molar-refractivity contribution is 9.10. The summed E-state index contributed by atoms with van der Waals surface area (Å²) in [5.41, 5.74) is 0.997. The minimum Gasteiger partial charge on any atom is -0.496 e. The van der Waals surface area contributed by atoms with E-state index in [2.05, 4.69) is 41.6 Å². The molecule has 0 spiro atoms. The summed E-state index contributed by atoms with van der Waals surface area (Å²) in [6, 6.07) is 5.85. The van der Waals surface area contributed by atoms with E-state index < -0.39 is 5.97 Å². The smallest absolute Gasteiger partial charge is 0.308 e. The zero-order chi connectivity index (χ0) is 15.8. The zero-order valence-corrected chi connectivity index (χ0v) is 14.5. The molecule has 1 fully saturated rings. The number of halogens is 1. The van der Waals surface area contributed by atoms with Gasteiger partial charge in [-0.2, -0.15) is 0 Å². The van der Waals surface area contributed by atoms with Crippen LogP contribution in [-0.4, -0.2) is 41.7 Å². The van der Waals surface area contributed by atoms with Crippen molar-refractivity contribution in [3.05, 3.63) is 28.2 Å². The lowest BCUT2D eigenvalue weighted by atomic mass is 9.89. The van der Waals surface area contributed by atoms with Gasteiger partial charge in [0.05, 0.1) is 17.5 Å². The van der Waals surface area contributed by atoms with Crippen molar-refractivity contribution >= 4 is 21.9 Å². The van der Waals surface area contributed by atoms with Crippen molar-refractivity contribution in [1.82, 2.24) is 4.90 Å². The van der Waals surface area contributed by atoms with Crippen LogP contribution in [0.5, 0.6) is 5.75 Å². The first-order valence-electron chi connectivity index (χ1n) is 7.05. The number of hydrogen-bond acceptors (Lipinski definition) is 3. The maximum atomic E-state index is 11.6. The summed E-state index contributed by atoms with van der Waals surface area (Å²) in [6.45, 7) is 7.70. The number of nitrogens with zero attached hydrogens (tertiary/aromatic N) is 1. The number of hydrogen-bond donors (Lipinski definition) is 1. The van der Waals surface area contributed by atoms with E-state index in [1.807, 2.05) is 18.2 Å². The molecule has 0 bridgehead atoms. The molecule has 0 saturated carbocycles. The quantitative estimate of drug-likeness (QED) is 0.902. The lowest BCUT2D eigenvalue weighted by Crippen LogP contribution is -2.40. The molecule has 1 heterocycles. The molecular weight excluding hydrogens is 334 g/mol. The van der Waals surface area contributed by atoms with Crippen molar-refractivity contribution in [2.45, 2.75) is 32.2 Å². The van der Waals surface area contributed by atoms with Crippen LogP contribution in [0.3, 0.4) is 0 Å². The summed E-state index contributed by atoms with van der Waals surface area (Å²) < 4.78 is 6.21. The molecule has 2 rings (SSSR count). The molecule has 0 radical (unpaired) electrons. The monoisotopic (exact) mass is 355 g/mol. The summed E-state index contributed by atoms with van der Waals surface area (Å²) in [4.78, 5) is 13.9. The Kier molecular flexibility index (Phi) is 4.63. The second kappa shape index (κ2) is 5.97. The number of carboxylic acid groups (broad SMARTS) is 1. The standard InChI is InChI=1S/C16H22BrNO3/c1-16(2,3)18-8-11(12(9-18)15(19)20)10-5-6-13(17)14(7-10)21-4/h5-7,11-12H,8-9H2,1-4H3,(H,19,20)/t11-,12+/m1/s1. The molecule has 1 aliphatic heterocycles. The third-order valence-electron chi connectivity index (χ3n) is 4.19. The number of carbonyl (C=O) groups is 1. The van der Waals surface area contributed by atoms with Crippen LogP contribution in [0, 0.1) is 5.92 Å². The number of aliphatic carboxylic acids is 1. The van der Waals surface area contributed by atoms with Gasteiger partial charge >= 0.3 is 5.97 Å². The number of likely N-dealkylation sites (tertiary alicyclic amines) is 1. The largest absolute Gasteiger partial charge is 0.496 e. The van der Waals surface area contributed by atoms with E-state index >= 15 is 0 Å². The molecule has 1 aromatic rings. The number of carboxylic acids is 1. The molecule has 1 aromatic carbocycles. The normalized spacial score (nSPS) is 23.3. The Morgan fingerprint density at radius 1 is 1.38 bits per heavy atom. The molecule has 0 amide bonds. The zero-order valence-electron chi connectivity index (χ0n) is 12.9. The molecule has 1 N–H and O–H groups in total. The fraction of sp³-hybridized carbons (Fsp3) is 0.562. The van der Waals surface area contributed by atoms with Crippen LogP contribution < -0.4 is 4.74 Å². The van der Waals surface area contributed by atoms with E-state index in [0.29, 0.717) is 6.54 Å². The Hall–Kier alpha value is -1.07. The lowest BCUT2D eigenvalue weighted by molar-refractivity contribution is -0.141. The first kappa shape index (κ1) is 16.3. The molecule has 0 aromatic heterocycles. The predicted octanol–water partition coefficient (Wildman–Crippen LogP) is 3.36. The molecular formula is C16H22BrNO3. The van der Waals surface area contributed by atoms with Crippen molar-refractivity contribution in [1.29, 1.82) is 0 Å². The molecule has 116 valence electrons. The second-order valence-corrected chi connectivity index (χ2v) is 7.38. The van der Waals surface area contributed by atoms with Gasteiger partial charge in [0.15, 0.2) is 0 Å². The van der Waals surface area contributed by atoms with Gasteiger partial charge in [0.25, 0.3) is 0 Å². The average molecular weight is 356 g/mol. The van der Waals surface area contributed by atoms with Crippen molar-refractivity contribution in [3.8, 4) is 5.75 Å². The van der Waals surface area contributed by atoms with E-state index in [4.69, 9.17) is 4.74 Å². The fourth-order valence-corrected chi connectivity index (χ4v) is 3.26. The summed E-state index contributed by atoms with van der Waals surface area (Å²) in [7, 11) is 1.62. The van der Waals surface area contributed by atoms with Crippen LogP contribution in [0.15, 0.2) is 22.7 Å². The number of ether oxygens (including phenoxy) is 1. The van der Waals surface area contributed by atoms with Gasteiger partial charge in [-0.3, -0.25) is 9.69 Å². The van der Waals surface area contributed by atoms with E-state index in [9.17, 15) is 9.90 Å². The molecule has 2 atom stereocenters. The van der Waals surface area contributed by atoms with Gasteiger partial charge in [0.1, 0.15) is 5.75 Å². The molecule has 0 unspecified atom stereocenters. The molecule has 1 saturated heterocycles. The number of rotatable bonds is 3. The Morgan fingerprint density at radius 3 is 2.57 bits per heavy atom. The Labute approximate surface area is 134 Å². The topological polar surface area (TPSA) is 49.8 Å². The maximum absolute atomic E-state index is 11.6. The number of methoxy groups -OCH3 is 1. The van der Waals surface area contributed by atoms with Gasteiger partial charge < -0.3 is 9.84 Å². The highest BCUT2D eigenvalue weighted by Gasteiger charge is 2.42. The van der Waals surface area contributed by atoms with Gasteiger partial charge in [-0.05, 0) is 54.4 Å². The Bertz CT molecular complexity index is 539. The predicted molar refractivity (Wildman–Crippen MR) is 85.9 cm³/mol. The van der Waals surface area contributed by atoms with Crippen LogP contribution in [0.2, 0.25) is 0 Å². The first-order chi connectivity index (χ1) is 9.74. The minimum atomic E-state index is -0.728. The summed E-state index contributed by atoms with van der Waals surface area (Å²) in [5, 5.41) is 9.54. The first-order valence-corrected chi connectivity index (χ1v) is 7.84. The van der Waals surface area contributed by atoms with E-state index in [1.54, 1.807) is 7.11 Å². The average Bonchev–Trinajstić information content (AvgIpc) is 2.84. The molecule has 1 aliphatic rings. The maximum Gasteiger partial charge on any atom is 0.308 e. The summed E-state index contributed by atoms with van der Waals surface area (Å²) >= 11 is 3.44. The Balaban J connectivity index is 2.34. The van der Waals surface area contributed by atoms with Gasteiger partial charge in [-0.25, -0.2) is 0 Å². The van der Waals surface area contributed by atoms with Crippen LogP contribution >= 0.6 is 15.9 Å².